The van der Waals surface area contributed by atoms with Gasteiger partial charge in [-0.25, -0.2) is 0 Å². The predicted molar refractivity (Wildman–Crippen MR) is 111 cm³/mol. The molecule has 0 aliphatic rings. The van der Waals surface area contributed by atoms with Crippen LogP contribution in [0.1, 0.15) is 11.4 Å². The Bertz CT molecular complexity index is 1040. The summed E-state index contributed by atoms with van der Waals surface area (Å²) in [5, 5.41) is 15.7. The number of anilines is 1. The molecule has 0 radical (unpaired) electrons. The zero-order chi connectivity index (χ0) is 20.8. The highest BCUT2D eigenvalue weighted by atomic mass is 16.5. The lowest BCUT2D eigenvalue weighted by atomic mass is 10.2. The molecule has 0 aliphatic heterocycles. The van der Waals surface area contributed by atoms with Gasteiger partial charge < -0.3 is 25.0 Å². The molecule has 0 unspecified atom stereocenters. The first kappa shape index (κ1) is 20.2. The molecule has 0 aliphatic carbocycles. The topological polar surface area (TPSA) is 92.6 Å². The van der Waals surface area contributed by atoms with Crippen molar-refractivity contribution in [3.05, 3.63) is 82.3 Å². The number of nitrogens with one attached hydrogen (secondary N) is 2. The minimum absolute atomic E-state index is 0.0316. The molecule has 150 valence electrons. The number of amides is 1. The second-order valence-electron chi connectivity index (χ2n) is 6.60. The first-order valence-electron chi connectivity index (χ1n) is 9.16. The summed E-state index contributed by atoms with van der Waals surface area (Å²) in [6, 6.07) is 17.9. The fourth-order valence-electron chi connectivity index (χ4n) is 2.80. The van der Waals surface area contributed by atoms with Gasteiger partial charge in [0, 0.05) is 31.0 Å². The lowest BCUT2D eigenvalue weighted by Crippen LogP contribution is -2.29. The van der Waals surface area contributed by atoms with Gasteiger partial charge in [0.1, 0.15) is 11.5 Å². The highest BCUT2D eigenvalue weighted by molar-refractivity contribution is 5.92. The molecule has 7 nitrogen and oxygen atoms in total. The first-order valence-corrected chi connectivity index (χ1v) is 9.16. The number of hydrogen-bond acceptors (Lipinski definition) is 5. The number of aryl methyl sites for hydroxylation is 1. The monoisotopic (exact) mass is 393 g/mol. The fraction of sp³-hybridized carbons (Fsp3) is 0.182. The van der Waals surface area contributed by atoms with Crippen LogP contribution < -0.4 is 20.8 Å². The van der Waals surface area contributed by atoms with Gasteiger partial charge in [-0.1, -0.05) is 18.2 Å². The summed E-state index contributed by atoms with van der Waals surface area (Å²) in [6.45, 7) is 2.00. The number of hydrogen-bond donors (Lipinski definition) is 3. The number of aromatic hydroxyl groups is 1. The van der Waals surface area contributed by atoms with Crippen molar-refractivity contribution in [2.45, 2.75) is 13.5 Å². The maximum absolute atomic E-state index is 12.1. The van der Waals surface area contributed by atoms with Crippen molar-refractivity contribution < 1.29 is 14.6 Å². The van der Waals surface area contributed by atoms with E-state index in [-0.39, 0.29) is 24.7 Å². The van der Waals surface area contributed by atoms with Crippen molar-refractivity contribution in [1.29, 1.82) is 0 Å². The molecule has 3 N–H and O–H groups in total. The number of carbonyl (C=O) groups excluding carboxylic acids is 1. The largest absolute Gasteiger partial charge is 0.503 e. The second kappa shape index (κ2) is 9.07. The number of pyridine rings is 1. The molecule has 0 saturated heterocycles. The van der Waals surface area contributed by atoms with Gasteiger partial charge >= 0.3 is 0 Å². The molecule has 1 aromatic heterocycles. The Kier molecular flexibility index (Phi) is 6.31. The van der Waals surface area contributed by atoms with Gasteiger partial charge in [0.2, 0.25) is 11.3 Å². The summed E-state index contributed by atoms with van der Waals surface area (Å²) in [6.07, 6.45) is 0. The fourth-order valence-corrected chi connectivity index (χ4v) is 2.80. The number of para-hydroxylation sites is 1. The molecular weight excluding hydrogens is 370 g/mol. The Labute approximate surface area is 168 Å². The lowest BCUT2D eigenvalue weighted by Gasteiger charge is -2.14. The van der Waals surface area contributed by atoms with Crippen LogP contribution in [0.3, 0.4) is 0 Å². The number of ether oxygens (including phenoxy) is 1. The maximum Gasteiger partial charge on any atom is 0.238 e. The Morgan fingerprint density at radius 2 is 1.72 bits per heavy atom. The molecule has 0 bridgehead atoms. The van der Waals surface area contributed by atoms with Gasteiger partial charge in [-0.05, 0) is 43.3 Å². The summed E-state index contributed by atoms with van der Waals surface area (Å²) in [7, 11) is 1.75. The summed E-state index contributed by atoms with van der Waals surface area (Å²) in [5.74, 6) is 0.865. The number of aromatic nitrogens is 1. The molecular formula is C22H23N3O4. The first-order chi connectivity index (χ1) is 13.9. The average molecular weight is 393 g/mol. The van der Waals surface area contributed by atoms with Crippen LogP contribution in [-0.4, -0.2) is 22.1 Å². The van der Waals surface area contributed by atoms with E-state index < -0.39 is 5.43 Å². The minimum Gasteiger partial charge on any atom is -0.503 e. The van der Waals surface area contributed by atoms with E-state index in [0.717, 1.165) is 11.4 Å². The summed E-state index contributed by atoms with van der Waals surface area (Å²) < 4.78 is 7.43. The van der Waals surface area contributed by atoms with Gasteiger partial charge in [0.05, 0.1) is 12.2 Å². The van der Waals surface area contributed by atoms with Crippen LogP contribution in [0.4, 0.5) is 5.69 Å². The van der Waals surface area contributed by atoms with E-state index in [1.165, 1.54) is 6.07 Å². The van der Waals surface area contributed by atoms with Crippen molar-refractivity contribution >= 4 is 11.6 Å². The van der Waals surface area contributed by atoms with Gasteiger partial charge in [-0.3, -0.25) is 9.59 Å². The van der Waals surface area contributed by atoms with Crippen molar-refractivity contribution in [2.75, 3.05) is 11.9 Å². The number of carbonyl (C=O) groups is 1. The molecule has 2 aromatic carbocycles. The van der Waals surface area contributed by atoms with Crippen LogP contribution in [0, 0.1) is 6.92 Å². The molecule has 3 rings (SSSR count). The van der Waals surface area contributed by atoms with E-state index in [1.807, 2.05) is 30.3 Å². The molecule has 7 heteroatoms. The second-order valence-corrected chi connectivity index (χ2v) is 6.60. The Hall–Kier alpha value is -3.58. The van der Waals surface area contributed by atoms with E-state index >= 15 is 0 Å². The number of benzene rings is 2. The van der Waals surface area contributed by atoms with Gasteiger partial charge in [0.15, 0.2) is 5.75 Å². The summed E-state index contributed by atoms with van der Waals surface area (Å²) in [4.78, 5) is 23.9. The van der Waals surface area contributed by atoms with Crippen LogP contribution in [0.25, 0.3) is 0 Å². The number of rotatable bonds is 7. The normalized spacial score (nSPS) is 10.6. The molecule has 0 saturated carbocycles. The zero-order valence-corrected chi connectivity index (χ0v) is 16.3. The highest BCUT2D eigenvalue weighted by Crippen LogP contribution is 2.22. The molecule has 3 aromatic rings. The van der Waals surface area contributed by atoms with Crippen LogP contribution in [-0.2, 0) is 18.4 Å². The Balaban J connectivity index is 1.52. The predicted octanol–water partition coefficient (Wildman–Crippen LogP) is 2.92. The highest BCUT2D eigenvalue weighted by Gasteiger charge is 2.11. The van der Waals surface area contributed by atoms with Gasteiger partial charge in [0.25, 0.3) is 0 Å². The quantitative estimate of drug-likeness (QED) is 0.574. The number of nitrogens with zero attached hydrogens (tertiary/aromatic N) is 1. The zero-order valence-electron chi connectivity index (χ0n) is 16.3. The smallest absolute Gasteiger partial charge is 0.238 e. The third-order valence-corrected chi connectivity index (χ3v) is 4.48. The van der Waals surface area contributed by atoms with E-state index in [4.69, 9.17) is 4.74 Å². The van der Waals surface area contributed by atoms with Crippen molar-refractivity contribution in [2.24, 2.45) is 7.05 Å². The van der Waals surface area contributed by atoms with Crippen LogP contribution >= 0.6 is 0 Å². The van der Waals surface area contributed by atoms with Gasteiger partial charge in [-0.15, -0.1) is 0 Å². The minimum atomic E-state index is -0.431. The SMILES string of the molecule is Cc1cc(=O)c(O)c(CNCC(=O)Nc2ccc(Oc3ccccc3)cc2)n1C. The summed E-state index contributed by atoms with van der Waals surface area (Å²) in [5.41, 5.74) is 1.37. The molecule has 1 heterocycles. The maximum atomic E-state index is 12.1. The van der Waals surface area contributed by atoms with E-state index in [0.29, 0.717) is 17.1 Å². The third kappa shape index (κ3) is 5.24. The summed E-state index contributed by atoms with van der Waals surface area (Å²) >= 11 is 0. The van der Waals surface area contributed by atoms with Crippen LogP contribution in [0.2, 0.25) is 0 Å². The van der Waals surface area contributed by atoms with E-state index in [9.17, 15) is 14.7 Å². The molecule has 0 spiro atoms. The lowest BCUT2D eigenvalue weighted by molar-refractivity contribution is -0.115. The molecule has 0 atom stereocenters. The molecule has 0 fully saturated rings. The average Bonchev–Trinajstić information content (AvgIpc) is 2.71. The van der Waals surface area contributed by atoms with Crippen molar-refractivity contribution in [3.63, 3.8) is 0 Å². The van der Waals surface area contributed by atoms with Gasteiger partial charge in [-0.2, -0.15) is 0 Å². The molecule has 1 amide bonds. The standard InChI is InChI=1S/C22H23N3O4/c1-15-12-20(26)22(28)19(25(15)2)13-23-14-21(27)24-16-8-10-18(11-9-16)29-17-6-4-3-5-7-17/h3-12,23,28H,13-14H2,1-2H3,(H,24,27). The van der Waals surface area contributed by atoms with Crippen molar-refractivity contribution in [3.8, 4) is 17.2 Å². The van der Waals surface area contributed by atoms with Crippen LogP contribution in [0.5, 0.6) is 17.2 Å². The van der Waals surface area contributed by atoms with E-state index in [2.05, 4.69) is 10.6 Å². The Morgan fingerprint density at radius 3 is 2.41 bits per heavy atom. The van der Waals surface area contributed by atoms with E-state index in [1.54, 1.807) is 42.8 Å². The Morgan fingerprint density at radius 1 is 1.07 bits per heavy atom. The third-order valence-electron chi connectivity index (χ3n) is 4.48. The van der Waals surface area contributed by atoms with Crippen LogP contribution in [0.15, 0.2) is 65.5 Å². The van der Waals surface area contributed by atoms with Crippen molar-refractivity contribution in [1.82, 2.24) is 9.88 Å². The molecule has 29 heavy (non-hydrogen) atoms.